The van der Waals surface area contributed by atoms with Crippen LogP contribution in [0.15, 0.2) is 0 Å². The molecular formula is C9H19NO3. The molecule has 0 aromatic heterocycles. The highest BCUT2D eigenvalue weighted by molar-refractivity contribution is 5.74. The van der Waals surface area contributed by atoms with Crippen molar-refractivity contribution >= 4 is 5.97 Å². The van der Waals surface area contributed by atoms with E-state index in [1.54, 1.807) is 20.8 Å². The van der Waals surface area contributed by atoms with E-state index in [0.717, 1.165) is 6.42 Å². The lowest BCUT2D eigenvalue weighted by atomic mass is 10.2. The number of hydrogen-bond acceptors (Lipinski definition) is 4. The van der Waals surface area contributed by atoms with Gasteiger partial charge >= 0.3 is 5.97 Å². The van der Waals surface area contributed by atoms with Gasteiger partial charge in [0.25, 0.3) is 0 Å². The molecule has 13 heavy (non-hydrogen) atoms. The van der Waals surface area contributed by atoms with Crippen LogP contribution in [-0.2, 0) is 9.53 Å². The van der Waals surface area contributed by atoms with E-state index in [1.807, 2.05) is 6.92 Å². The highest BCUT2D eigenvalue weighted by atomic mass is 16.6. The number of esters is 1. The third-order valence-corrected chi connectivity index (χ3v) is 1.22. The monoisotopic (exact) mass is 189 g/mol. The number of ether oxygens (including phenoxy) is 1. The lowest BCUT2D eigenvalue weighted by Crippen LogP contribution is -2.41. The van der Waals surface area contributed by atoms with E-state index in [0.29, 0.717) is 6.54 Å². The first-order valence-corrected chi connectivity index (χ1v) is 4.51. The van der Waals surface area contributed by atoms with Crippen LogP contribution in [0.4, 0.5) is 0 Å². The van der Waals surface area contributed by atoms with Crippen molar-refractivity contribution in [2.24, 2.45) is 0 Å². The molecule has 0 spiro atoms. The molecule has 4 heteroatoms. The van der Waals surface area contributed by atoms with E-state index in [4.69, 9.17) is 4.74 Å². The molecule has 1 atom stereocenters. The molecule has 0 bridgehead atoms. The normalized spacial score (nSPS) is 13.9. The molecule has 0 rings (SSSR count). The summed E-state index contributed by atoms with van der Waals surface area (Å²) in [6.45, 7) is 7.83. The maximum Gasteiger partial charge on any atom is 0.350 e. The maximum absolute atomic E-state index is 11.1. The minimum absolute atomic E-state index is 0.550. The van der Waals surface area contributed by atoms with E-state index in [1.165, 1.54) is 0 Å². The van der Waals surface area contributed by atoms with Crippen LogP contribution in [-0.4, -0.2) is 29.4 Å². The van der Waals surface area contributed by atoms with Crippen LogP contribution in [0.25, 0.3) is 0 Å². The molecule has 0 aliphatic heterocycles. The summed E-state index contributed by atoms with van der Waals surface area (Å²) in [5.74, 6) is -0.624. The maximum atomic E-state index is 11.1. The van der Waals surface area contributed by atoms with Crippen molar-refractivity contribution in [3.63, 3.8) is 0 Å². The molecule has 0 saturated heterocycles. The van der Waals surface area contributed by atoms with E-state index < -0.39 is 17.8 Å². The molecule has 0 heterocycles. The molecule has 0 radical (unpaired) electrons. The highest BCUT2D eigenvalue weighted by Crippen LogP contribution is 2.07. The van der Waals surface area contributed by atoms with Gasteiger partial charge in [-0.3, -0.25) is 5.32 Å². The predicted molar refractivity (Wildman–Crippen MR) is 50.1 cm³/mol. The van der Waals surface area contributed by atoms with Gasteiger partial charge in [-0.1, -0.05) is 6.92 Å². The first-order chi connectivity index (χ1) is 5.87. The Morgan fingerprint density at radius 1 is 1.54 bits per heavy atom. The van der Waals surface area contributed by atoms with Crippen molar-refractivity contribution in [3.05, 3.63) is 0 Å². The standard InChI is InChI=1S/C9H19NO3/c1-5-6-10-7(11)8(12)13-9(2,3)4/h7,10-11H,5-6H2,1-4H3. The molecule has 0 amide bonds. The van der Waals surface area contributed by atoms with Crippen molar-refractivity contribution in [2.45, 2.75) is 45.9 Å². The van der Waals surface area contributed by atoms with Crippen molar-refractivity contribution in [2.75, 3.05) is 6.54 Å². The van der Waals surface area contributed by atoms with Crippen LogP contribution in [0.2, 0.25) is 0 Å². The quantitative estimate of drug-likeness (QED) is 0.503. The summed E-state index contributed by atoms with van der Waals surface area (Å²) in [4.78, 5) is 11.1. The Labute approximate surface area is 79.3 Å². The second kappa shape index (κ2) is 5.19. The van der Waals surface area contributed by atoms with E-state index in [-0.39, 0.29) is 0 Å². The van der Waals surface area contributed by atoms with E-state index >= 15 is 0 Å². The van der Waals surface area contributed by atoms with Crippen molar-refractivity contribution < 1.29 is 14.6 Å². The largest absolute Gasteiger partial charge is 0.457 e. The summed E-state index contributed by atoms with van der Waals surface area (Å²) in [5, 5.41) is 11.9. The molecule has 0 aromatic rings. The second-order valence-electron chi connectivity index (χ2n) is 3.89. The van der Waals surface area contributed by atoms with Crippen LogP contribution in [0.5, 0.6) is 0 Å². The zero-order valence-corrected chi connectivity index (χ0v) is 8.76. The predicted octanol–water partition coefficient (Wildman–Crippen LogP) is 0.646. The minimum Gasteiger partial charge on any atom is -0.457 e. The summed E-state index contributed by atoms with van der Waals surface area (Å²) < 4.78 is 4.95. The van der Waals surface area contributed by atoms with Gasteiger partial charge in [0, 0.05) is 0 Å². The molecule has 4 nitrogen and oxygen atoms in total. The molecular weight excluding hydrogens is 170 g/mol. The van der Waals surface area contributed by atoms with Crippen LogP contribution in [0.3, 0.4) is 0 Å². The molecule has 0 aromatic carbocycles. The molecule has 0 saturated carbocycles. The Kier molecular flexibility index (Phi) is 4.95. The molecule has 0 fully saturated rings. The van der Waals surface area contributed by atoms with Crippen LogP contribution in [0, 0.1) is 0 Å². The average Bonchev–Trinajstić information content (AvgIpc) is 1.96. The van der Waals surface area contributed by atoms with Gasteiger partial charge in [-0.05, 0) is 33.7 Å². The van der Waals surface area contributed by atoms with Crippen molar-refractivity contribution in [1.29, 1.82) is 0 Å². The molecule has 0 aliphatic rings. The van der Waals surface area contributed by atoms with Crippen molar-refractivity contribution in [3.8, 4) is 0 Å². The zero-order chi connectivity index (χ0) is 10.5. The van der Waals surface area contributed by atoms with Gasteiger partial charge in [-0.15, -0.1) is 0 Å². The van der Waals surface area contributed by atoms with E-state index in [2.05, 4.69) is 5.32 Å². The van der Waals surface area contributed by atoms with Crippen LogP contribution >= 0.6 is 0 Å². The van der Waals surface area contributed by atoms with E-state index in [9.17, 15) is 9.90 Å². The molecule has 0 aliphatic carbocycles. The fourth-order valence-electron chi connectivity index (χ4n) is 0.722. The number of hydrogen-bond donors (Lipinski definition) is 2. The minimum atomic E-state index is -1.21. The van der Waals surface area contributed by atoms with Crippen LogP contribution < -0.4 is 5.32 Å². The van der Waals surface area contributed by atoms with Gasteiger partial charge < -0.3 is 9.84 Å². The summed E-state index contributed by atoms with van der Waals surface area (Å²) in [5.41, 5.74) is -0.550. The van der Waals surface area contributed by atoms with Gasteiger partial charge in [-0.25, -0.2) is 4.79 Å². The average molecular weight is 189 g/mol. The summed E-state index contributed by atoms with van der Waals surface area (Å²) in [6, 6.07) is 0. The Bertz CT molecular complexity index is 163. The Morgan fingerprint density at radius 2 is 2.08 bits per heavy atom. The smallest absolute Gasteiger partial charge is 0.350 e. The lowest BCUT2D eigenvalue weighted by Gasteiger charge is -2.21. The zero-order valence-electron chi connectivity index (χ0n) is 8.76. The first-order valence-electron chi connectivity index (χ1n) is 4.51. The number of aliphatic hydroxyl groups is 1. The summed E-state index contributed by atoms with van der Waals surface area (Å²) in [6.07, 6.45) is -0.348. The van der Waals surface area contributed by atoms with Gasteiger partial charge in [0.15, 0.2) is 0 Å². The third kappa shape index (κ3) is 6.54. The Balaban J connectivity index is 3.83. The SMILES string of the molecule is CCCNC(O)C(=O)OC(C)(C)C. The fourth-order valence-corrected chi connectivity index (χ4v) is 0.722. The van der Waals surface area contributed by atoms with Gasteiger partial charge in [0.1, 0.15) is 5.60 Å². The van der Waals surface area contributed by atoms with Gasteiger partial charge in [-0.2, -0.15) is 0 Å². The summed E-state index contributed by atoms with van der Waals surface area (Å²) >= 11 is 0. The lowest BCUT2D eigenvalue weighted by molar-refractivity contribution is -0.166. The number of aliphatic hydroxyl groups excluding tert-OH is 1. The number of carbonyl (C=O) groups is 1. The first kappa shape index (κ1) is 12.4. The van der Waals surface area contributed by atoms with Gasteiger partial charge in [0.2, 0.25) is 6.23 Å². The number of rotatable bonds is 4. The fraction of sp³-hybridized carbons (Fsp3) is 0.889. The van der Waals surface area contributed by atoms with Gasteiger partial charge in [0.05, 0.1) is 0 Å². The van der Waals surface area contributed by atoms with Crippen LogP contribution in [0.1, 0.15) is 34.1 Å². The number of nitrogens with one attached hydrogen (secondary N) is 1. The number of carbonyl (C=O) groups excluding carboxylic acids is 1. The topological polar surface area (TPSA) is 58.6 Å². The molecule has 78 valence electrons. The third-order valence-electron chi connectivity index (χ3n) is 1.22. The molecule has 2 N–H and O–H groups in total. The second-order valence-corrected chi connectivity index (χ2v) is 3.89. The summed E-state index contributed by atoms with van der Waals surface area (Å²) in [7, 11) is 0. The Hall–Kier alpha value is -0.610. The Morgan fingerprint density at radius 3 is 2.46 bits per heavy atom. The van der Waals surface area contributed by atoms with Crippen molar-refractivity contribution in [1.82, 2.24) is 5.32 Å². The molecule has 1 unspecified atom stereocenters. The highest BCUT2D eigenvalue weighted by Gasteiger charge is 2.22.